The van der Waals surface area contributed by atoms with Gasteiger partial charge >= 0.3 is 0 Å². The second-order valence-corrected chi connectivity index (χ2v) is 4.46. The molecular weight excluding hydrogens is 222 g/mol. The third kappa shape index (κ3) is 3.15. The zero-order valence-electron chi connectivity index (χ0n) is 9.88. The van der Waals surface area contributed by atoms with Crippen LogP contribution in [0.2, 0.25) is 5.02 Å². The molecule has 3 heteroatoms. The molecule has 0 aliphatic heterocycles. The summed E-state index contributed by atoms with van der Waals surface area (Å²) in [4.78, 5) is 0. The lowest BCUT2D eigenvalue weighted by atomic mass is 10.0. The van der Waals surface area contributed by atoms with Crippen LogP contribution in [0.25, 0.3) is 0 Å². The van der Waals surface area contributed by atoms with Crippen LogP contribution in [0.3, 0.4) is 0 Å². The van der Waals surface area contributed by atoms with Crippen molar-refractivity contribution in [2.24, 2.45) is 0 Å². The number of nitrogens with zero attached hydrogens (tertiary/aromatic N) is 1. The van der Waals surface area contributed by atoms with Crippen LogP contribution >= 0.6 is 11.6 Å². The summed E-state index contributed by atoms with van der Waals surface area (Å²) < 4.78 is 5.54. The Bertz CT molecular complexity index is 407. The molecule has 0 bridgehead atoms. The molecule has 16 heavy (non-hydrogen) atoms. The van der Waals surface area contributed by atoms with Crippen LogP contribution in [0.15, 0.2) is 12.1 Å². The van der Waals surface area contributed by atoms with E-state index in [2.05, 4.69) is 19.9 Å². The Morgan fingerprint density at radius 3 is 2.69 bits per heavy atom. The predicted octanol–water partition coefficient (Wildman–Crippen LogP) is 4.06. The van der Waals surface area contributed by atoms with Gasteiger partial charge in [0.2, 0.25) is 0 Å². The number of benzene rings is 1. The van der Waals surface area contributed by atoms with Crippen molar-refractivity contribution in [2.75, 3.05) is 6.61 Å². The van der Waals surface area contributed by atoms with Crippen LogP contribution < -0.4 is 4.74 Å². The Morgan fingerprint density at radius 1 is 1.44 bits per heavy atom. The van der Waals surface area contributed by atoms with Crippen molar-refractivity contribution in [1.82, 2.24) is 0 Å². The standard InChI is InChI=1S/C13H16ClNO/c1-9(2)11-8-13(16-6-4-5-15)10(3)7-12(11)14/h7-9H,4,6H2,1-3H3. The summed E-state index contributed by atoms with van der Waals surface area (Å²) in [6, 6.07) is 5.94. The quantitative estimate of drug-likeness (QED) is 0.740. The van der Waals surface area contributed by atoms with Gasteiger partial charge in [-0.05, 0) is 36.1 Å². The van der Waals surface area contributed by atoms with Gasteiger partial charge in [-0.15, -0.1) is 0 Å². The zero-order valence-corrected chi connectivity index (χ0v) is 10.6. The van der Waals surface area contributed by atoms with Crippen molar-refractivity contribution in [2.45, 2.75) is 33.1 Å². The Balaban J connectivity index is 2.92. The molecule has 0 unspecified atom stereocenters. The summed E-state index contributed by atoms with van der Waals surface area (Å²) in [5, 5.41) is 9.23. The Kier molecular flexibility index (Phi) is 4.64. The van der Waals surface area contributed by atoms with E-state index in [9.17, 15) is 0 Å². The average molecular weight is 238 g/mol. The number of hydrogen-bond acceptors (Lipinski definition) is 2. The van der Waals surface area contributed by atoms with Gasteiger partial charge in [0.05, 0.1) is 12.5 Å². The highest BCUT2D eigenvalue weighted by atomic mass is 35.5. The number of ether oxygens (including phenoxy) is 1. The highest BCUT2D eigenvalue weighted by molar-refractivity contribution is 6.31. The van der Waals surface area contributed by atoms with Crippen LogP contribution in [0.4, 0.5) is 0 Å². The molecule has 0 atom stereocenters. The monoisotopic (exact) mass is 237 g/mol. The molecule has 86 valence electrons. The van der Waals surface area contributed by atoms with Crippen molar-refractivity contribution >= 4 is 11.6 Å². The molecule has 0 saturated carbocycles. The first kappa shape index (κ1) is 12.9. The third-order valence-electron chi connectivity index (χ3n) is 2.39. The maximum Gasteiger partial charge on any atom is 0.122 e. The maximum atomic E-state index is 8.45. The number of halogens is 1. The summed E-state index contributed by atoms with van der Waals surface area (Å²) in [7, 11) is 0. The normalized spacial score (nSPS) is 10.2. The van der Waals surface area contributed by atoms with Gasteiger partial charge in [-0.1, -0.05) is 25.4 Å². The second kappa shape index (κ2) is 5.77. The van der Waals surface area contributed by atoms with Gasteiger partial charge in [0.25, 0.3) is 0 Å². The van der Waals surface area contributed by atoms with Crippen molar-refractivity contribution in [3.8, 4) is 11.8 Å². The highest BCUT2D eigenvalue weighted by Gasteiger charge is 2.09. The van der Waals surface area contributed by atoms with E-state index >= 15 is 0 Å². The lowest BCUT2D eigenvalue weighted by Gasteiger charge is -2.13. The molecule has 0 saturated heterocycles. The van der Waals surface area contributed by atoms with Gasteiger partial charge in [-0.3, -0.25) is 0 Å². The zero-order chi connectivity index (χ0) is 12.1. The van der Waals surface area contributed by atoms with Crippen molar-refractivity contribution < 1.29 is 4.74 Å². The Labute approximate surface area is 102 Å². The van der Waals surface area contributed by atoms with Gasteiger partial charge in [0.1, 0.15) is 12.4 Å². The lowest BCUT2D eigenvalue weighted by molar-refractivity contribution is 0.324. The van der Waals surface area contributed by atoms with E-state index in [1.165, 1.54) is 0 Å². The Morgan fingerprint density at radius 2 is 2.12 bits per heavy atom. The van der Waals surface area contributed by atoms with E-state index in [1.807, 2.05) is 19.1 Å². The first-order valence-electron chi connectivity index (χ1n) is 5.36. The molecule has 0 spiro atoms. The number of rotatable bonds is 4. The minimum absolute atomic E-state index is 0.367. The smallest absolute Gasteiger partial charge is 0.122 e. The van der Waals surface area contributed by atoms with Crippen LogP contribution in [-0.2, 0) is 0 Å². The first-order chi connectivity index (χ1) is 7.56. The van der Waals surface area contributed by atoms with Gasteiger partial charge < -0.3 is 4.74 Å². The molecule has 0 amide bonds. The summed E-state index contributed by atoms with van der Waals surface area (Å²) in [5.41, 5.74) is 2.09. The first-order valence-corrected chi connectivity index (χ1v) is 5.73. The molecule has 2 nitrogen and oxygen atoms in total. The van der Waals surface area contributed by atoms with Gasteiger partial charge in [0.15, 0.2) is 0 Å². The third-order valence-corrected chi connectivity index (χ3v) is 2.72. The van der Waals surface area contributed by atoms with Crippen LogP contribution in [0, 0.1) is 18.3 Å². The largest absolute Gasteiger partial charge is 0.492 e. The van der Waals surface area contributed by atoms with E-state index < -0.39 is 0 Å². The van der Waals surface area contributed by atoms with Crippen LogP contribution in [0.5, 0.6) is 5.75 Å². The van der Waals surface area contributed by atoms with E-state index in [-0.39, 0.29) is 0 Å². The number of aryl methyl sites for hydroxylation is 1. The minimum atomic E-state index is 0.367. The lowest BCUT2D eigenvalue weighted by Crippen LogP contribution is -2.00. The molecule has 0 radical (unpaired) electrons. The van der Waals surface area contributed by atoms with Gasteiger partial charge in [-0.2, -0.15) is 5.26 Å². The Hall–Kier alpha value is -1.20. The molecule has 0 aliphatic carbocycles. The van der Waals surface area contributed by atoms with E-state index in [1.54, 1.807) is 0 Å². The van der Waals surface area contributed by atoms with Gasteiger partial charge in [0, 0.05) is 5.02 Å². The molecule has 1 aromatic rings. The fourth-order valence-electron chi connectivity index (χ4n) is 1.47. The molecule has 0 aliphatic rings. The van der Waals surface area contributed by atoms with Gasteiger partial charge in [-0.25, -0.2) is 0 Å². The fourth-order valence-corrected chi connectivity index (χ4v) is 1.91. The molecule has 0 heterocycles. The topological polar surface area (TPSA) is 33.0 Å². The molecular formula is C13H16ClNO. The van der Waals surface area contributed by atoms with Crippen molar-refractivity contribution in [1.29, 1.82) is 5.26 Å². The summed E-state index contributed by atoms with van der Waals surface area (Å²) in [6.07, 6.45) is 0.402. The maximum absolute atomic E-state index is 8.45. The minimum Gasteiger partial charge on any atom is -0.492 e. The average Bonchev–Trinajstić information content (AvgIpc) is 2.21. The number of nitriles is 1. The van der Waals surface area contributed by atoms with E-state index in [0.717, 1.165) is 21.9 Å². The fraction of sp³-hybridized carbons (Fsp3) is 0.462. The van der Waals surface area contributed by atoms with E-state index in [4.69, 9.17) is 21.6 Å². The summed E-state index contributed by atoms with van der Waals surface area (Å²) in [5.74, 6) is 1.19. The molecule has 0 N–H and O–H groups in total. The SMILES string of the molecule is Cc1cc(Cl)c(C(C)C)cc1OCCC#N. The molecule has 1 rings (SSSR count). The van der Waals surface area contributed by atoms with Crippen LogP contribution in [-0.4, -0.2) is 6.61 Å². The highest BCUT2D eigenvalue weighted by Crippen LogP contribution is 2.31. The molecule has 1 aromatic carbocycles. The second-order valence-electron chi connectivity index (χ2n) is 4.05. The summed E-state index contributed by atoms with van der Waals surface area (Å²) in [6.45, 7) is 6.57. The van der Waals surface area contributed by atoms with Crippen LogP contribution in [0.1, 0.15) is 37.3 Å². The van der Waals surface area contributed by atoms with Crippen molar-refractivity contribution in [3.05, 3.63) is 28.3 Å². The van der Waals surface area contributed by atoms with E-state index in [0.29, 0.717) is 18.9 Å². The predicted molar refractivity (Wildman–Crippen MR) is 66.0 cm³/mol. The summed E-state index contributed by atoms with van der Waals surface area (Å²) >= 11 is 6.15. The van der Waals surface area contributed by atoms with Crippen molar-refractivity contribution in [3.63, 3.8) is 0 Å². The number of hydrogen-bond donors (Lipinski definition) is 0. The molecule has 0 fully saturated rings. The molecule has 0 aromatic heterocycles.